The normalized spacial score (nSPS) is 10.9. The SMILES string of the molecule is Cc1ccc(C(=O)N/N=C\c2ccc(OCc3ccc(Cl)cc3)c(Br)c2)o1. The molecule has 3 aromatic rings. The number of furan rings is 1. The highest BCUT2D eigenvalue weighted by Gasteiger charge is 2.08. The van der Waals surface area contributed by atoms with Crippen LogP contribution in [-0.4, -0.2) is 12.1 Å². The van der Waals surface area contributed by atoms with Crippen LogP contribution in [0.4, 0.5) is 0 Å². The van der Waals surface area contributed by atoms with Crippen molar-refractivity contribution in [2.24, 2.45) is 5.10 Å². The van der Waals surface area contributed by atoms with E-state index in [-0.39, 0.29) is 5.76 Å². The molecule has 5 nitrogen and oxygen atoms in total. The highest BCUT2D eigenvalue weighted by atomic mass is 79.9. The van der Waals surface area contributed by atoms with Crippen LogP contribution in [0.25, 0.3) is 0 Å². The van der Waals surface area contributed by atoms with E-state index in [0.29, 0.717) is 23.1 Å². The molecule has 1 heterocycles. The average molecular weight is 448 g/mol. The molecule has 1 N–H and O–H groups in total. The lowest BCUT2D eigenvalue weighted by Gasteiger charge is -2.09. The Bertz CT molecular complexity index is 968. The first-order valence-corrected chi connectivity index (χ1v) is 9.25. The molecule has 0 spiro atoms. The number of hydrazone groups is 1. The summed E-state index contributed by atoms with van der Waals surface area (Å²) in [6.07, 6.45) is 1.54. The van der Waals surface area contributed by atoms with Crippen LogP contribution in [-0.2, 0) is 6.61 Å². The molecule has 2 aromatic carbocycles. The lowest BCUT2D eigenvalue weighted by Crippen LogP contribution is -2.16. The Hall–Kier alpha value is -2.57. The fraction of sp³-hybridized carbons (Fsp3) is 0.100. The van der Waals surface area contributed by atoms with Crippen LogP contribution in [0, 0.1) is 6.92 Å². The maximum absolute atomic E-state index is 11.9. The number of benzene rings is 2. The van der Waals surface area contributed by atoms with Crippen LogP contribution in [0.15, 0.2) is 68.6 Å². The van der Waals surface area contributed by atoms with Gasteiger partial charge in [-0.1, -0.05) is 23.7 Å². The number of ether oxygens (including phenoxy) is 1. The smallest absolute Gasteiger partial charge is 0.307 e. The van der Waals surface area contributed by atoms with Gasteiger partial charge in [0.15, 0.2) is 5.76 Å². The largest absolute Gasteiger partial charge is 0.488 e. The quantitative estimate of drug-likeness (QED) is 0.409. The first-order chi connectivity index (χ1) is 13.0. The highest BCUT2D eigenvalue weighted by Crippen LogP contribution is 2.26. The number of aryl methyl sites for hydroxylation is 1. The van der Waals surface area contributed by atoms with Gasteiger partial charge < -0.3 is 9.15 Å². The summed E-state index contributed by atoms with van der Waals surface area (Å²) in [5.41, 5.74) is 4.25. The molecule has 0 aliphatic rings. The molecule has 0 bridgehead atoms. The van der Waals surface area contributed by atoms with Crippen molar-refractivity contribution < 1.29 is 13.9 Å². The second-order valence-electron chi connectivity index (χ2n) is 5.71. The third-order valence-electron chi connectivity index (χ3n) is 3.61. The van der Waals surface area contributed by atoms with E-state index >= 15 is 0 Å². The van der Waals surface area contributed by atoms with Crippen molar-refractivity contribution >= 4 is 39.7 Å². The molecule has 0 atom stereocenters. The van der Waals surface area contributed by atoms with E-state index in [1.54, 1.807) is 25.3 Å². The van der Waals surface area contributed by atoms with Crippen molar-refractivity contribution in [2.45, 2.75) is 13.5 Å². The van der Waals surface area contributed by atoms with Gasteiger partial charge in [0.25, 0.3) is 0 Å². The lowest BCUT2D eigenvalue weighted by atomic mass is 10.2. The summed E-state index contributed by atoms with van der Waals surface area (Å²) >= 11 is 9.36. The molecule has 0 saturated carbocycles. The van der Waals surface area contributed by atoms with Crippen molar-refractivity contribution in [3.8, 4) is 5.75 Å². The van der Waals surface area contributed by atoms with Gasteiger partial charge >= 0.3 is 5.91 Å². The van der Waals surface area contributed by atoms with E-state index in [9.17, 15) is 4.79 Å². The molecule has 1 aromatic heterocycles. The van der Waals surface area contributed by atoms with Gasteiger partial charge in [0.1, 0.15) is 18.1 Å². The standard InChI is InChI=1S/C20H16BrClN2O3/c1-13-2-8-19(27-13)20(25)24-23-11-15-5-9-18(17(21)10-15)26-12-14-3-6-16(22)7-4-14/h2-11H,12H2,1H3,(H,24,25)/b23-11-. The number of carbonyl (C=O) groups is 1. The van der Waals surface area contributed by atoms with Crippen LogP contribution >= 0.6 is 27.5 Å². The summed E-state index contributed by atoms with van der Waals surface area (Å²) in [5.74, 6) is 1.19. The van der Waals surface area contributed by atoms with Gasteiger partial charge in [-0.15, -0.1) is 0 Å². The van der Waals surface area contributed by atoms with Gasteiger partial charge in [-0.05, 0) is 76.4 Å². The molecule has 0 saturated heterocycles. The highest BCUT2D eigenvalue weighted by molar-refractivity contribution is 9.10. The van der Waals surface area contributed by atoms with Gasteiger partial charge in [-0.3, -0.25) is 4.79 Å². The Balaban J connectivity index is 1.57. The fourth-order valence-corrected chi connectivity index (χ4v) is 2.87. The van der Waals surface area contributed by atoms with E-state index in [2.05, 4.69) is 26.5 Å². The number of amides is 1. The molecule has 0 radical (unpaired) electrons. The van der Waals surface area contributed by atoms with Crippen LogP contribution < -0.4 is 10.2 Å². The van der Waals surface area contributed by atoms with E-state index in [4.69, 9.17) is 20.8 Å². The van der Waals surface area contributed by atoms with Crippen molar-refractivity contribution in [1.29, 1.82) is 0 Å². The van der Waals surface area contributed by atoms with E-state index in [1.807, 2.05) is 42.5 Å². The molecule has 7 heteroatoms. The lowest BCUT2D eigenvalue weighted by molar-refractivity contribution is 0.0926. The van der Waals surface area contributed by atoms with Crippen LogP contribution in [0.2, 0.25) is 5.02 Å². The van der Waals surface area contributed by atoms with Crippen molar-refractivity contribution in [2.75, 3.05) is 0 Å². The Morgan fingerprint density at radius 3 is 2.67 bits per heavy atom. The van der Waals surface area contributed by atoms with E-state index < -0.39 is 5.91 Å². The monoisotopic (exact) mass is 446 g/mol. The maximum Gasteiger partial charge on any atom is 0.307 e. The number of nitrogens with zero attached hydrogens (tertiary/aromatic N) is 1. The summed E-state index contributed by atoms with van der Waals surface area (Å²) in [6.45, 7) is 2.20. The van der Waals surface area contributed by atoms with Crippen LogP contribution in [0.1, 0.15) is 27.4 Å². The third-order valence-corrected chi connectivity index (χ3v) is 4.48. The average Bonchev–Trinajstić information content (AvgIpc) is 3.09. The summed E-state index contributed by atoms with van der Waals surface area (Å²) in [7, 11) is 0. The minimum Gasteiger partial charge on any atom is -0.488 e. The van der Waals surface area contributed by atoms with Crippen molar-refractivity contribution in [3.63, 3.8) is 0 Å². The molecule has 0 fully saturated rings. The van der Waals surface area contributed by atoms with Crippen molar-refractivity contribution in [1.82, 2.24) is 5.43 Å². The van der Waals surface area contributed by atoms with Crippen LogP contribution in [0.3, 0.4) is 0 Å². The second kappa shape index (κ2) is 8.88. The maximum atomic E-state index is 11.9. The molecule has 0 aliphatic heterocycles. The Labute approximate surface area is 170 Å². The molecule has 27 heavy (non-hydrogen) atoms. The Kier molecular flexibility index (Phi) is 6.32. The topological polar surface area (TPSA) is 63.8 Å². The van der Waals surface area contributed by atoms with Crippen molar-refractivity contribution in [3.05, 3.63) is 86.7 Å². The zero-order valence-electron chi connectivity index (χ0n) is 14.4. The molecule has 1 amide bonds. The van der Waals surface area contributed by atoms with Gasteiger partial charge in [0.05, 0.1) is 10.7 Å². The molecule has 3 rings (SSSR count). The molecule has 0 unspecified atom stereocenters. The number of carbonyl (C=O) groups excluding carboxylic acids is 1. The first-order valence-electron chi connectivity index (χ1n) is 8.08. The second-order valence-corrected chi connectivity index (χ2v) is 7.01. The van der Waals surface area contributed by atoms with Gasteiger partial charge in [-0.25, -0.2) is 5.43 Å². The molecule has 0 aliphatic carbocycles. The number of rotatable bonds is 6. The number of hydrogen-bond acceptors (Lipinski definition) is 4. The molecular formula is C20H16BrClN2O3. The third kappa shape index (κ3) is 5.45. The Morgan fingerprint density at radius 2 is 2.00 bits per heavy atom. The number of halogens is 2. The zero-order chi connectivity index (χ0) is 19.2. The number of nitrogens with one attached hydrogen (secondary N) is 1. The molecular weight excluding hydrogens is 432 g/mol. The summed E-state index contributed by atoms with van der Waals surface area (Å²) in [5, 5.41) is 4.63. The van der Waals surface area contributed by atoms with E-state index in [1.165, 1.54) is 0 Å². The minimum atomic E-state index is -0.402. The first kappa shape index (κ1) is 19.2. The minimum absolute atomic E-state index is 0.219. The predicted molar refractivity (Wildman–Crippen MR) is 108 cm³/mol. The van der Waals surface area contributed by atoms with Gasteiger partial charge in [-0.2, -0.15) is 5.10 Å². The van der Waals surface area contributed by atoms with Gasteiger partial charge in [0, 0.05) is 5.02 Å². The van der Waals surface area contributed by atoms with Gasteiger partial charge in [0.2, 0.25) is 0 Å². The van der Waals surface area contributed by atoms with Crippen LogP contribution in [0.5, 0.6) is 5.75 Å². The zero-order valence-corrected chi connectivity index (χ0v) is 16.8. The summed E-state index contributed by atoms with van der Waals surface area (Å²) in [4.78, 5) is 11.9. The Morgan fingerprint density at radius 1 is 1.22 bits per heavy atom. The summed E-state index contributed by atoms with van der Waals surface area (Å²) in [6, 6.07) is 16.3. The van der Waals surface area contributed by atoms with E-state index in [0.717, 1.165) is 15.6 Å². The molecule has 138 valence electrons. The predicted octanol–water partition coefficient (Wildman–Crippen LogP) is 5.35. The fourth-order valence-electron chi connectivity index (χ4n) is 2.23. The number of hydrogen-bond donors (Lipinski definition) is 1. The summed E-state index contributed by atoms with van der Waals surface area (Å²) < 4.78 is 11.8.